The molecule has 0 amide bonds. The first-order valence-electron chi connectivity index (χ1n) is 10.7. The summed E-state index contributed by atoms with van der Waals surface area (Å²) in [6, 6.07) is 7.65. The van der Waals surface area contributed by atoms with Crippen LogP contribution in [0.3, 0.4) is 0 Å². The van der Waals surface area contributed by atoms with Gasteiger partial charge in [-0.3, -0.25) is 4.79 Å². The van der Waals surface area contributed by atoms with E-state index >= 15 is 0 Å². The van der Waals surface area contributed by atoms with E-state index in [-0.39, 0.29) is 23.8 Å². The summed E-state index contributed by atoms with van der Waals surface area (Å²) >= 11 is 0. The molecule has 0 saturated heterocycles. The Morgan fingerprint density at radius 3 is 2.45 bits per heavy atom. The summed E-state index contributed by atoms with van der Waals surface area (Å²) in [4.78, 5) is 26.2. The Hall–Kier alpha value is -2.56. The smallest absolute Gasteiger partial charge is 0.337 e. The van der Waals surface area contributed by atoms with Crippen LogP contribution in [0.15, 0.2) is 46.8 Å². The van der Waals surface area contributed by atoms with Gasteiger partial charge in [-0.1, -0.05) is 18.6 Å². The van der Waals surface area contributed by atoms with Gasteiger partial charge in [0.05, 0.1) is 12.7 Å². The first-order chi connectivity index (χ1) is 14.1. The number of nitrogens with one attached hydrogen (secondary N) is 1. The standard InChI is InChI=1S/C24H29NO4/c1-15-21(24(27)29-18-7-4-3-5-8-18)22(16-11-13-17(28-2)14-12-16)23-19(25-15)9-6-10-20(23)26/h11-14,18,22,25H,3-10H2,1-2H3/t22-/m0/s1. The molecule has 0 unspecified atom stereocenters. The van der Waals surface area contributed by atoms with Crippen molar-refractivity contribution in [3.05, 3.63) is 52.4 Å². The third-order valence-electron chi connectivity index (χ3n) is 6.27. The highest BCUT2D eigenvalue weighted by Gasteiger charge is 2.39. The normalized spacial score (nSPS) is 22.8. The summed E-state index contributed by atoms with van der Waals surface area (Å²) in [6.07, 6.45) is 7.43. The average Bonchev–Trinajstić information content (AvgIpc) is 2.73. The molecule has 5 nitrogen and oxygen atoms in total. The fourth-order valence-electron chi connectivity index (χ4n) is 4.78. The fourth-order valence-corrected chi connectivity index (χ4v) is 4.78. The van der Waals surface area contributed by atoms with Crippen LogP contribution in [0, 0.1) is 0 Å². The summed E-state index contributed by atoms with van der Waals surface area (Å²) in [5, 5.41) is 3.35. The van der Waals surface area contributed by atoms with Crippen LogP contribution in [-0.2, 0) is 14.3 Å². The molecule has 1 aromatic carbocycles. The molecule has 3 aliphatic rings. The number of hydrogen-bond acceptors (Lipinski definition) is 5. The lowest BCUT2D eigenvalue weighted by Gasteiger charge is -2.35. The van der Waals surface area contributed by atoms with Crippen molar-refractivity contribution in [3.8, 4) is 5.75 Å². The summed E-state index contributed by atoms with van der Waals surface area (Å²) < 4.78 is 11.2. The van der Waals surface area contributed by atoms with E-state index in [0.29, 0.717) is 12.0 Å². The molecule has 1 fully saturated rings. The first-order valence-corrected chi connectivity index (χ1v) is 10.7. The molecule has 2 aliphatic carbocycles. The molecule has 0 bridgehead atoms. The zero-order valence-corrected chi connectivity index (χ0v) is 17.3. The van der Waals surface area contributed by atoms with Gasteiger partial charge in [-0.2, -0.15) is 0 Å². The van der Waals surface area contributed by atoms with Gasteiger partial charge < -0.3 is 14.8 Å². The predicted molar refractivity (Wildman–Crippen MR) is 110 cm³/mol. The molecule has 1 N–H and O–H groups in total. The van der Waals surface area contributed by atoms with Crippen LogP contribution in [-0.4, -0.2) is 25.0 Å². The largest absolute Gasteiger partial charge is 0.497 e. The lowest BCUT2D eigenvalue weighted by Crippen LogP contribution is -2.35. The molecule has 5 heteroatoms. The van der Waals surface area contributed by atoms with Crippen molar-refractivity contribution in [1.82, 2.24) is 5.32 Å². The second-order valence-electron chi connectivity index (χ2n) is 8.20. The molecule has 1 saturated carbocycles. The van der Waals surface area contributed by atoms with Gasteiger partial charge in [-0.25, -0.2) is 4.79 Å². The number of carbonyl (C=O) groups excluding carboxylic acids is 2. The molecule has 154 valence electrons. The summed E-state index contributed by atoms with van der Waals surface area (Å²) in [7, 11) is 1.63. The number of carbonyl (C=O) groups is 2. The van der Waals surface area contributed by atoms with E-state index in [4.69, 9.17) is 9.47 Å². The van der Waals surface area contributed by atoms with E-state index in [1.165, 1.54) is 6.42 Å². The van der Waals surface area contributed by atoms with Crippen molar-refractivity contribution < 1.29 is 19.1 Å². The van der Waals surface area contributed by atoms with Crippen molar-refractivity contribution in [3.63, 3.8) is 0 Å². The van der Waals surface area contributed by atoms with Gasteiger partial charge >= 0.3 is 5.97 Å². The van der Waals surface area contributed by atoms with Gasteiger partial charge in [0.25, 0.3) is 0 Å². The summed E-state index contributed by atoms with van der Waals surface area (Å²) in [5.74, 6) is 0.183. The Kier molecular flexibility index (Phi) is 5.74. The number of ketones is 1. The lowest BCUT2D eigenvalue weighted by atomic mass is 9.75. The second-order valence-corrected chi connectivity index (χ2v) is 8.20. The summed E-state index contributed by atoms with van der Waals surface area (Å²) in [5.41, 5.74) is 3.95. The second kappa shape index (κ2) is 8.44. The molecule has 1 atom stereocenters. The number of Topliss-reactive ketones (excluding diaryl/α,β-unsaturated/α-hetero) is 1. The number of methoxy groups -OCH3 is 1. The van der Waals surface area contributed by atoms with Gasteiger partial charge in [-0.15, -0.1) is 0 Å². The van der Waals surface area contributed by atoms with E-state index in [1.807, 2.05) is 31.2 Å². The van der Waals surface area contributed by atoms with E-state index in [2.05, 4.69) is 5.32 Å². The molecule has 1 aliphatic heterocycles. The van der Waals surface area contributed by atoms with Crippen molar-refractivity contribution in [2.24, 2.45) is 0 Å². The fraction of sp³-hybridized carbons (Fsp3) is 0.500. The first kappa shape index (κ1) is 19.7. The summed E-state index contributed by atoms with van der Waals surface area (Å²) in [6.45, 7) is 1.91. The third kappa shape index (κ3) is 3.96. The van der Waals surface area contributed by atoms with Crippen LogP contribution < -0.4 is 10.1 Å². The minimum absolute atomic E-state index is 0.0227. The zero-order chi connectivity index (χ0) is 20.4. The van der Waals surface area contributed by atoms with Crippen LogP contribution in [0.5, 0.6) is 5.75 Å². The van der Waals surface area contributed by atoms with Crippen LogP contribution in [0.2, 0.25) is 0 Å². The Balaban J connectivity index is 1.72. The maximum atomic E-state index is 13.3. The molecule has 0 spiro atoms. The van der Waals surface area contributed by atoms with Crippen molar-refractivity contribution >= 4 is 11.8 Å². The number of esters is 1. The van der Waals surface area contributed by atoms with Crippen LogP contribution in [0.25, 0.3) is 0 Å². The van der Waals surface area contributed by atoms with Crippen LogP contribution in [0.1, 0.15) is 69.8 Å². The van der Waals surface area contributed by atoms with Crippen LogP contribution >= 0.6 is 0 Å². The van der Waals surface area contributed by atoms with E-state index in [9.17, 15) is 9.59 Å². The van der Waals surface area contributed by atoms with E-state index in [1.54, 1.807) is 7.11 Å². The third-order valence-corrected chi connectivity index (χ3v) is 6.27. The molecule has 29 heavy (non-hydrogen) atoms. The molecule has 1 aromatic rings. The highest BCUT2D eigenvalue weighted by atomic mass is 16.5. The Morgan fingerprint density at radius 2 is 1.76 bits per heavy atom. The zero-order valence-electron chi connectivity index (χ0n) is 17.3. The highest BCUT2D eigenvalue weighted by Crippen LogP contribution is 2.43. The van der Waals surface area contributed by atoms with Gasteiger partial charge in [-0.05, 0) is 63.1 Å². The number of hydrogen-bond donors (Lipinski definition) is 1. The highest BCUT2D eigenvalue weighted by molar-refractivity contribution is 6.03. The Morgan fingerprint density at radius 1 is 1.03 bits per heavy atom. The lowest BCUT2D eigenvalue weighted by molar-refractivity contribution is -0.146. The molecule has 0 radical (unpaired) electrons. The predicted octanol–water partition coefficient (Wildman–Crippen LogP) is 4.54. The number of ether oxygens (including phenoxy) is 2. The van der Waals surface area contributed by atoms with E-state index in [0.717, 1.165) is 66.8 Å². The number of rotatable bonds is 4. The molecule has 1 heterocycles. The Labute approximate surface area is 172 Å². The van der Waals surface area contributed by atoms with Crippen molar-refractivity contribution in [1.29, 1.82) is 0 Å². The van der Waals surface area contributed by atoms with Crippen molar-refractivity contribution in [2.45, 2.75) is 70.3 Å². The Bertz CT molecular complexity index is 859. The number of benzene rings is 1. The SMILES string of the molecule is COc1ccc([C@H]2C(C(=O)OC3CCCCC3)=C(C)NC3=C2C(=O)CCC3)cc1. The number of dihydropyridines is 1. The topological polar surface area (TPSA) is 64.6 Å². The van der Waals surface area contributed by atoms with Crippen LogP contribution in [0.4, 0.5) is 0 Å². The maximum Gasteiger partial charge on any atom is 0.337 e. The van der Waals surface area contributed by atoms with Gasteiger partial charge in [0.1, 0.15) is 11.9 Å². The average molecular weight is 395 g/mol. The molecule has 0 aromatic heterocycles. The molecular formula is C24H29NO4. The minimum Gasteiger partial charge on any atom is -0.497 e. The van der Waals surface area contributed by atoms with Crippen molar-refractivity contribution in [2.75, 3.05) is 7.11 Å². The quantitative estimate of drug-likeness (QED) is 0.759. The maximum absolute atomic E-state index is 13.3. The van der Waals surface area contributed by atoms with Gasteiger partial charge in [0.15, 0.2) is 5.78 Å². The van der Waals surface area contributed by atoms with Gasteiger partial charge in [0.2, 0.25) is 0 Å². The van der Waals surface area contributed by atoms with E-state index < -0.39 is 0 Å². The monoisotopic (exact) mass is 395 g/mol. The molecule has 4 rings (SSSR count). The minimum atomic E-state index is -0.388. The van der Waals surface area contributed by atoms with Gasteiger partial charge in [0, 0.05) is 29.3 Å². The number of allylic oxidation sites excluding steroid dienone is 3. The molecular weight excluding hydrogens is 366 g/mol.